The second-order valence-electron chi connectivity index (χ2n) is 10.4. The lowest BCUT2D eigenvalue weighted by atomic mass is 9.72. The highest BCUT2D eigenvalue weighted by Crippen LogP contribution is 2.48. The van der Waals surface area contributed by atoms with Crippen LogP contribution < -0.4 is 10.1 Å². The van der Waals surface area contributed by atoms with E-state index in [1.807, 2.05) is 76.2 Å². The number of hydrogen-bond acceptors (Lipinski definition) is 5. The fourth-order valence-electron chi connectivity index (χ4n) is 5.39. The van der Waals surface area contributed by atoms with E-state index in [2.05, 4.69) is 19.2 Å². The molecular formula is C31H45N2O5P. The van der Waals surface area contributed by atoms with E-state index in [0.717, 1.165) is 42.4 Å². The van der Waals surface area contributed by atoms with Crippen molar-refractivity contribution in [1.29, 1.82) is 0 Å². The molecule has 1 aliphatic rings. The lowest BCUT2D eigenvalue weighted by Crippen LogP contribution is -2.73. The molecule has 1 fully saturated rings. The first-order chi connectivity index (χ1) is 18.8. The molecule has 1 N–H and O–H groups in total. The summed E-state index contributed by atoms with van der Waals surface area (Å²) in [6.07, 6.45) is 3.76. The number of carbonyl (C=O) groups excluding carboxylic acids is 2. The van der Waals surface area contributed by atoms with Gasteiger partial charge in [-0.05, 0) is 62.8 Å². The molecule has 4 atom stereocenters. The van der Waals surface area contributed by atoms with Gasteiger partial charge in [-0.2, -0.15) is 0 Å². The normalized spacial score (nSPS) is 18.7. The molecule has 0 aromatic heterocycles. The predicted molar refractivity (Wildman–Crippen MR) is 156 cm³/mol. The first-order valence-electron chi connectivity index (χ1n) is 14.4. The van der Waals surface area contributed by atoms with Crippen molar-refractivity contribution in [1.82, 2.24) is 10.2 Å². The van der Waals surface area contributed by atoms with Gasteiger partial charge in [-0.1, -0.05) is 82.5 Å². The van der Waals surface area contributed by atoms with Crippen LogP contribution in [0, 0.1) is 12.3 Å². The number of β-lactam (4-membered cyclic amide) rings is 1. The van der Waals surface area contributed by atoms with Crippen LogP contribution in [-0.2, 0) is 13.9 Å². The van der Waals surface area contributed by atoms with Crippen LogP contribution in [0.2, 0.25) is 0 Å². The van der Waals surface area contributed by atoms with Crippen LogP contribution in [0.3, 0.4) is 0 Å². The molecule has 0 saturated carbocycles. The summed E-state index contributed by atoms with van der Waals surface area (Å²) < 4.78 is 24.5. The number of urea groups is 1. The molecule has 0 bridgehead atoms. The minimum absolute atomic E-state index is 0.149. The average Bonchev–Trinajstić information content (AvgIpc) is 2.93. The Kier molecular flexibility index (Phi) is 11.2. The van der Waals surface area contributed by atoms with Crippen molar-refractivity contribution >= 4 is 20.0 Å². The number of nitrogens with zero attached hydrogens (tertiary/aromatic N) is 1. The van der Waals surface area contributed by atoms with Gasteiger partial charge < -0.3 is 14.6 Å². The molecule has 7 nitrogen and oxygen atoms in total. The van der Waals surface area contributed by atoms with E-state index in [9.17, 15) is 14.2 Å². The molecule has 1 heterocycles. The third-order valence-electron chi connectivity index (χ3n) is 7.87. The van der Waals surface area contributed by atoms with Crippen LogP contribution >= 0.6 is 8.03 Å². The number of nitrogens with one attached hydrogen (secondary N) is 1. The van der Waals surface area contributed by atoms with E-state index in [1.165, 1.54) is 4.90 Å². The maximum Gasteiger partial charge on any atom is 0.327 e. The van der Waals surface area contributed by atoms with E-state index in [0.29, 0.717) is 25.2 Å². The van der Waals surface area contributed by atoms with Gasteiger partial charge in [-0.25, -0.2) is 9.69 Å². The van der Waals surface area contributed by atoms with Crippen LogP contribution in [0.1, 0.15) is 102 Å². The summed E-state index contributed by atoms with van der Waals surface area (Å²) in [6, 6.07) is 15.0. The molecule has 0 aliphatic carbocycles. The van der Waals surface area contributed by atoms with Crippen LogP contribution in [0.5, 0.6) is 5.75 Å². The topological polar surface area (TPSA) is 84.9 Å². The largest absolute Gasteiger partial charge is 0.469 e. The number of amides is 3. The van der Waals surface area contributed by atoms with Crippen LogP contribution in [0.25, 0.3) is 0 Å². The van der Waals surface area contributed by atoms with Gasteiger partial charge in [0.2, 0.25) is 5.91 Å². The molecule has 1 aliphatic heterocycles. The summed E-state index contributed by atoms with van der Waals surface area (Å²) in [7, 11) is -2.21. The Bertz CT molecular complexity index is 1110. The lowest BCUT2D eigenvalue weighted by molar-refractivity contribution is -0.191. The quantitative estimate of drug-likeness (QED) is 0.189. The van der Waals surface area contributed by atoms with Gasteiger partial charge in [0.15, 0.2) is 14.3 Å². The van der Waals surface area contributed by atoms with E-state index >= 15 is 0 Å². The number of imide groups is 1. The zero-order valence-corrected chi connectivity index (χ0v) is 25.3. The Morgan fingerprint density at radius 1 is 0.949 bits per heavy atom. The van der Waals surface area contributed by atoms with Crippen LogP contribution in [0.4, 0.5) is 4.79 Å². The zero-order valence-electron chi connectivity index (χ0n) is 24.3. The lowest BCUT2D eigenvalue weighted by Gasteiger charge is -2.53. The molecule has 8 heteroatoms. The Hall–Kier alpha value is -2.63. The molecule has 2 aromatic carbocycles. The second-order valence-corrected chi connectivity index (χ2v) is 12.0. The number of rotatable bonds is 14. The third-order valence-corrected chi connectivity index (χ3v) is 9.63. The van der Waals surface area contributed by atoms with Crippen LogP contribution in [-0.4, -0.2) is 29.7 Å². The first kappa shape index (κ1) is 30.9. The third kappa shape index (κ3) is 6.75. The molecule has 39 heavy (non-hydrogen) atoms. The average molecular weight is 557 g/mol. The van der Waals surface area contributed by atoms with Gasteiger partial charge >= 0.3 is 6.03 Å². The fourth-order valence-corrected chi connectivity index (χ4v) is 6.86. The van der Waals surface area contributed by atoms with Crippen molar-refractivity contribution in [2.75, 3.05) is 6.61 Å². The van der Waals surface area contributed by atoms with Gasteiger partial charge in [-0.15, -0.1) is 0 Å². The van der Waals surface area contributed by atoms with Gasteiger partial charge in [0.25, 0.3) is 0 Å². The molecule has 2 aromatic rings. The smallest absolute Gasteiger partial charge is 0.327 e. The van der Waals surface area contributed by atoms with Crippen molar-refractivity contribution in [3.05, 3.63) is 65.2 Å². The van der Waals surface area contributed by atoms with E-state index in [1.54, 1.807) is 0 Å². The Morgan fingerprint density at radius 3 is 2.08 bits per heavy atom. The number of carbonyl (C=O) groups is 2. The highest BCUT2D eigenvalue weighted by molar-refractivity contribution is 7.39. The van der Waals surface area contributed by atoms with Crippen LogP contribution in [0.15, 0.2) is 48.5 Å². The minimum atomic E-state index is -2.21. The summed E-state index contributed by atoms with van der Waals surface area (Å²) in [4.78, 5) is 28.1. The summed E-state index contributed by atoms with van der Waals surface area (Å²) in [5.41, 5.74) is 2.20. The van der Waals surface area contributed by atoms with Crippen molar-refractivity contribution in [3.63, 3.8) is 0 Å². The maximum atomic E-state index is 13.5. The Balaban J connectivity index is 1.82. The summed E-state index contributed by atoms with van der Waals surface area (Å²) in [5, 5.41) is 3.09. The molecular weight excluding hydrogens is 511 g/mol. The minimum Gasteiger partial charge on any atom is -0.469 e. The van der Waals surface area contributed by atoms with Gasteiger partial charge in [0.1, 0.15) is 11.2 Å². The number of hydrogen-bond donors (Lipinski definition) is 1. The molecule has 214 valence electrons. The molecule has 0 radical (unpaired) electrons. The SMILES string of the molecule is CCCC(c1ccc(O[C@@H]2N(C(=O)N[C@H](CCC)c3ccc(C)cc3)C(=O)C2(CC)CC)cc1)[PH](=O)OCC. The number of aryl methyl sites for hydroxylation is 1. The highest BCUT2D eigenvalue weighted by Gasteiger charge is 2.63. The molecule has 0 spiro atoms. The van der Waals surface area contributed by atoms with E-state index < -0.39 is 25.7 Å². The molecule has 2 unspecified atom stereocenters. The fraction of sp³-hybridized carbons (Fsp3) is 0.548. The maximum absolute atomic E-state index is 13.5. The van der Waals surface area contributed by atoms with Crippen molar-refractivity contribution in [2.45, 2.75) is 98.0 Å². The predicted octanol–water partition coefficient (Wildman–Crippen LogP) is 7.95. The Labute approximate surface area is 234 Å². The summed E-state index contributed by atoms with van der Waals surface area (Å²) in [6.45, 7) is 12.4. The van der Waals surface area contributed by atoms with Gasteiger partial charge in [0.05, 0.1) is 18.3 Å². The number of ether oxygens (including phenoxy) is 1. The monoisotopic (exact) mass is 556 g/mol. The number of benzene rings is 2. The molecule has 3 rings (SSSR count). The standard InChI is InChI=1S/C31H45N2O5P/c1-7-12-26(23-16-14-22(6)15-17-23)32-30(35)33-28(34)31(9-3,10-4)29(33)38-25-20-18-24(19-21-25)27(13-8-2)39(36)37-11-5/h14-21,26-27,29,39H,7-13H2,1-6H3,(H,32,35)/t26-,27?,29+/m1/s1. The zero-order chi connectivity index (χ0) is 28.6. The summed E-state index contributed by atoms with van der Waals surface area (Å²) in [5.74, 6) is 0.361. The van der Waals surface area contributed by atoms with Crippen molar-refractivity contribution in [2.24, 2.45) is 5.41 Å². The van der Waals surface area contributed by atoms with E-state index in [4.69, 9.17) is 9.26 Å². The second kappa shape index (κ2) is 14.1. The highest BCUT2D eigenvalue weighted by atomic mass is 31.1. The Morgan fingerprint density at radius 2 is 1.54 bits per heavy atom. The molecule has 3 amide bonds. The first-order valence-corrected chi connectivity index (χ1v) is 15.8. The molecule has 1 saturated heterocycles. The van der Waals surface area contributed by atoms with Gasteiger partial charge in [-0.3, -0.25) is 9.36 Å². The van der Waals surface area contributed by atoms with Crippen molar-refractivity contribution < 1.29 is 23.4 Å². The van der Waals surface area contributed by atoms with Crippen molar-refractivity contribution in [3.8, 4) is 5.75 Å². The van der Waals surface area contributed by atoms with E-state index in [-0.39, 0.29) is 17.6 Å². The summed E-state index contributed by atoms with van der Waals surface area (Å²) >= 11 is 0. The number of likely N-dealkylation sites (tertiary alicyclic amines) is 1. The van der Waals surface area contributed by atoms with Gasteiger partial charge in [0, 0.05) is 0 Å².